The Balaban J connectivity index is 1.85. The molecule has 0 radical (unpaired) electrons. The van der Waals surface area contributed by atoms with Gasteiger partial charge in [0.05, 0.1) is 0 Å². The first-order chi connectivity index (χ1) is 9.66. The van der Waals surface area contributed by atoms with E-state index in [-0.39, 0.29) is 0 Å². The van der Waals surface area contributed by atoms with Crippen molar-refractivity contribution in [2.24, 2.45) is 0 Å². The third kappa shape index (κ3) is 2.53. The first-order valence-electron chi connectivity index (χ1n) is 6.94. The van der Waals surface area contributed by atoms with E-state index in [1.54, 1.807) is 0 Å². The molecular formula is C17H19NS2. The number of fused-ring (bicyclic) bond motifs is 1. The minimum absolute atomic E-state index is 0.379. The minimum atomic E-state index is 0.379. The van der Waals surface area contributed by atoms with E-state index in [2.05, 4.69) is 67.9 Å². The van der Waals surface area contributed by atoms with Gasteiger partial charge in [-0.25, -0.2) is 0 Å². The molecule has 2 heterocycles. The smallest absolute Gasteiger partial charge is 0.0394 e. The lowest BCUT2D eigenvalue weighted by Gasteiger charge is -2.19. The molecule has 0 spiro atoms. The molecule has 0 saturated carbocycles. The molecule has 3 rings (SSSR count). The maximum absolute atomic E-state index is 3.72. The van der Waals surface area contributed by atoms with Gasteiger partial charge >= 0.3 is 0 Å². The van der Waals surface area contributed by atoms with Crippen molar-refractivity contribution in [2.45, 2.75) is 32.9 Å². The molecular weight excluding hydrogens is 282 g/mol. The van der Waals surface area contributed by atoms with Gasteiger partial charge in [0.15, 0.2) is 0 Å². The van der Waals surface area contributed by atoms with Crippen LogP contribution in [-0.4, -0.2) is 0 Å². The molecule has 0 amide bonds. The summed E-state index contributed by atoms with van der Waals surface area (Å²) in [5, 5.41) is 7.26. The molecule has 20 heavy (non-hydrogen) atoms. The molecule has 3 aromatic rings. The topological polar surface area (TPSA) is 12.0 Å². The molecule has 104 valence electrons. The number of nitrogens with one attached hydrogen (secondary N) is 1. The number of aryl methyl sites for hydroxylation is 1. The fourth-order valence-corrected chi connectivity index (χ4v) is 4.64. The largest absolute Gasteiger partial charge is 0.302 e. The second kappa shape index (κ2) is 5.68. The van der Waals surface area contributed by atoms with Gasteiger partial charge in [0.1, 0.15) is 0 Å². The molecule has 1 N–H and O–H groups in total. The highest BCUT2D eigenvalue weighted by Gasteiger charge is 2.17. The maximum Gasteiger partial charge on any atom is 0.0394 e. The second-order valence-corrected chi connectivity index (χ2v) is 7.28. The zero-order chi connectivity index (χ0) is 14.1. The van der Waals surface area contributed by atoms with Crippen LogP contribution in [-0.2, 0) is 0 Å². The Morgan fingerprint density at radius 1 is 1.00 bits per heavy atom. The molecule has 2 aromatic heterocycles. The van der Waals surface area contributed by atoms with Gasteiger partial charge in [-0.3, -0.25) is 0 Å². The number of hydrogen-bond donors (Lipinski definition) is 1. The van der Waals surface area contributed by atoms with E-state index in [9.17, 15) is 0 Å². The van der Waals surface area contributed by atoms with Crippen molar-refractivity contribution < 1.29 is 0 Å². The molecule has 2 atom stereocenters. The third-order valence-electron chi connectivity index (χ3n) is 3.74. The van der Waals surface area contributed by atoms with Crippen LogP contribution in [0.25, 0.3) is 10.1 Å². The number of thiophene rings is 2. The molecule has 0 saturated heterocycles. The van der Waals surface area contributed by atoms with Crippen LogP contribution < -0.4 is 5.32 Å². The van der Waals surface area contributed by atoms with Gasteiger partial charge < -0.3 is 5.32 Å². The van der Waals surface area contributed by atoms with E-state index >= 15 is 0 Å². The van der Waals surface area contributed by atoms with Crippen LogP contribution >= 0.6 is 22.7 Å². The van der Waals surface area contributed by atoms with Crippen LogP contribution in [0.2, 0.25) is 0 Å². The predicted octanol–water partition coefficient (Wildman–Crippen LogP) is 5.68. The Morgan fingerprint density at radius 2 is 1.80 bits per heavy atom. The van der Waals surface area contributed by atoms with E-state index in [0.717, 1.165) is 0 Å². The fourth-order valence-electron chi connectivity index (χ4n) is 2.68. The molecule has 1 aromatic carbocycles. The lowest BCUT2D eigenvalue weighted by molar-refractivity contribution is 0.504. The van der Waals surface area contributed by atoms with Crippen molar-refractivity contribution in [3.05, 3.63) is 57.1 Å². The van der Waals surface area contributed by atoms with Gasteiger partial charge in [-0.2, -0.15) is 0 Å². The standard InChI is InChI=1S/C17H19NS2/c1-11-14-7-4-5-8-16(14)20-17(11)13(3)18-12(2)15-9-6-10-19-15/h4-10,12-13,18H,1-3H3/t12-,13?/m0/s1. The van der Waals surface area contributed by atoms with E-state index in [0.29, 0.717) is 12.1 Å². The fraction of sp³-hybridized carbons (Fsp3) is 0.294. The second-order valence-electron chi connectivity index (χ2n) is 5.21. The van der Waals surface area contributed by atoms with Gasteiger partial charge in [0.25, 0.3) is 0 Å². The highest BCUT2D eigenvalue weighted by molar-refractivity contribution is 7.19. The predicted molar refractivity (Wildman–Crippen MR) is 90.8 cm³/mol. The summed E-state index contributed by atoms with van der Waals surface area (Å²) in [6.07, 6.45) is 0. The highest BCUT2D eigenvalue weighted by atomic mass is 32.1. The SMILES string of the molecule is Cc1c(C(C)N[C@@H](C)c2cccs2)sc2ccccc12. The number of benzene rings is 1. The summed E-state index contributed by atoms with van der Waals surface area (Å²) < 4.78 is 1.39. The normalized spacial score (nSPS) is 14.6. The Labute approximate surface area is 128 Å². The lowest BCUT2D eigenvalue weighted by atomic mass is 10.1. The van der Waals surface area contributed by atoms with Crippen LogP contribution in [0.4, 0.5) is 0 Å². The maximum atomic E-state index is 3.72. The van der Waals surface area contributed by atoms with Crippen LogP contribution in [0, 0.1) is 6.92 Å². The van der Waals surface area contributed by atoms with E-state index in [4.69, 9.17) is 0 Å². The molecule has 0 bridgehead atoms. The van der Waals surface area contributed by atoms with Crippen molar-refractivity contribution in [2.75, 3.05) is 0 Å². The number of rotatable bonds is 4. The molecule has 0 aliphatic carbocycles. The van der Waals surface area contributed by atoms with Crippen molar-refractivity contribution in [3.8, 4) is 0 Å². The van der Waals surface area contributed by atoms with Crippen LogP contribution in [0.1, 0.15) is 41.2 Å². The molecule has 1 unspecified atom stereocenters. The van der Waals surface area contributed by atoms with E-state index < -0.39 is 0 Å². The summed E-state index contributed by atoms with van der Waals surface area (Å²) in [7, 11) is 0. The van der Waals surface area contributed by atoms with Gasteiger partial charge in [0.2, 0.25) is 0 Å². The van der Waals surface area contributed by atoms with Crippen LogP contribution in [0.15, 0.2) is 41.8 Å². The lowest BCUT2D eigenvalue weighted by Crippen LogP contribution is -2.21. The zero-order valence-electron chi connectivity index (χ0n) is 12.0. The Morgan fingerprint density at radius 3 is 2.50 bits per heavy atom. The van der Waals surface area contributed by atoms with Gasteiger partial charge in [-0.05, 0) is 49.2 Å². The van der Waals surface area contributed by atoms with Crippen molar-refractivity contribution >= 4 is 32.8 Å². The average molecular weight is 301 g/mol. The first-order valence-corrected chi connectivity index (χ1v) is 8.64. The van der Waals surface area contributed by atoms with Crippen molar-refractivity contribution in [1.29, 1.82) is 0 Å². The van der Waals surface area contributed by atoms with Gasteiger partial charge in [-0.15, -0.1) is 22.7 Å². The third-order valence-corrected chi connectivity index (χ3v) is 6.25. The Hall–Kier alpha value is -1.16. The van der Waals surface area contributed by atoms with Gasteiger partial charge in [0, 0.05) is 26.5 Å². The monoisotopic (exact) mass is 301 g/mol. The van der Waals surface area contributed by atoms with Crippen LogP contribution in [0.3, 0.4) is 0 Å². The van der Waals surface area contributed by atoms with E-state index in [1.165, 1.54) is 25.4 Å². The summed E-state index contributed by atoms with van der Waals surface area (Å²) in [5.41, 5.74) is 1.42. The summed E-state index contributed by atoms with van der Waals surface area (Å²) >= 11 is 3.73. The molecule has 0 aliphatic rings. The molecule has 0 fully saturated rings. The quantitative estimate of drug-likeness (QED) is 0.653. The average Bonchev–Trinajstić information content (AvgIpc) is 3.07. The zero-order valence-corrected chi connectivity index (χ0v) is 13.6. The Bertz CT molecular complexity index is 697. The Kier molecular flexibility index (Phi) is 3.92. The first kappa shape index (κ1) is 13.8. The van der Waals surface area contributed by atoms with Crippen LogP contribution in [0.5, 0.6) is 0 Å². The molecule has 0 aliphatic heterocycles. The highest BCUT2D eigenvalue weighted by Crippen LogP contribution is 2.35. The molecule has 3 heteroatoms. The molecule has 1 nitrogen and oxygen atoms in total. The summed E-state index contributed by atoms with van der Waals surface area (Å²) in [6, 6.07) is 13.8. The summed E-state index contributed by atoms with van der Waals surface area (Å²) in [6.45, 7) is 6.75. The van der Waals surface area contributed by atoms with E-state index in [1.807, 2.05) is 22.7 Å². The number of hydrogen-bond acceptors (Lipinski definition) is 3. The van der Waals surface area contributed by atoms with Gasteiger partial charge in [-0.1, -0.05) is 24.3 Å². The summed E-state index contributed by atoms with van der Waals surface area (Å²) in [4.78, 5) is 2.85. The summed E-state index contributed by atoms with van der Waals surface area (Å²) in [5.74, 6) is 0. The van der Waals surface area contributed by atoms with Crippen molar-refractivity contribution in [3.63, 3.8) is 0 Å². The minimum Gasteiger partial charge on any atom is -0.302 e. The van der Waals surface area contributed by atoms with Crippen molar-refractivity contribution in [1.82, 2.24) is 5.32 Å².